The van der Waals surface area contributed by atoms with Crippen LogP contribution in [0.25, 0.3) is 10.6 Å². The van der Waals surface area contributed by atoms with Crippen molar-refractivity contribution in [3.8, 4) is 10.6 Å². The molecule has 3 rings (SSSR count). The Morgan fingerprint density at radius 1 is 1.39 bits per heavy atom. The molecule has 1 aliphatic rings. The van der Waals surface area contributed by atoms with E-state index in [-0.39, 0.29) is 5.91 Å². The molecule has 0 N–H and O–H groups in total. The predicted octanol–water partition coefficient (Wildman–Crippen LogP) is 3.85. The van der Waals surface area contributed by atoms with Gasteiger partial charge in [0.25, 0.3) is 5.91 Å². The molecule has 0 fully saturated rings. The molecule has 0 bridgehead atoms. The molecule has 0 unspecified atom stereocenters. The van der Waals surface area contributed by atoms with Crippen molar-refractivity contribution in [2.45, 2.75) is 6.42 Å². The van der Waals surface area contributed by atoms with Crippen LogP contribution in [0.4, 0.5) is 0 Å². The number of rotatable bonds is 3. The van der Waals surface area contributed by atoms with Crippen molar-refractivity contribution < 1.29 is 4.79 Å². The number of aromatic nitrogens is 1. The van der Waals surface area contributed by atoms with Crippen LogP contribution >= 0.6 is 50.4 Å². The average molecular weight is 359 g/mol. The first-order valence-corrected chi connectivity index (χ1v) is 8.67. The summed E-state index contributed by atoms with van der Waals surface area (Å²) in [4.78, 5) is 20.8. The van der Waals surface area contributed by atoms with E-state index in [1.54, 1.807) is 22.7 Å². The normalized spacial score (nSPS) is 15.2. The van der Waals surface area contributed by atoms with Gasteiger partial charge in [-0.3, -0.25) is 4.79 Å². The van der Waals surface area contributed by atoms with Gasteiger partial charge in [0.1, 0.15) is 0 Å². The molecule has 1 aliphatic heterocycles. The second kappa shape index (κ2) is 5.24. The van der Waals surface area contributed by atoms with Crippen LogP contribution in [-0.2, 0) is 11.2 Å². The summed E-state index contributed by atoms with van der Waals surface area (Å²) in [6.07, 6.45) is 0.671. The lowest BCUT2D eigenvalue weighted by atomic mass is 10.4. The Balaban J connectivity index is 1.80. The average Bonchev–Trinajstić information content (AvgIpc) is 3.02. The summed E-state index contributed by atoms with van der Waals surface area (Å²) in [7, 11) is 0. The minimum Gasteiger partial charge on any atom is -0.272 e. The van der Waals surface area contributed by atoms with Crippen LogP contribution in [0.15, 0.2) is 26.3 Å². The number of thioether (sulfide) groups is 1. The molecular formula is C11H7BrN2OS3. The first kappa shape index (κ1) is 12.5. The Hall–Kier alpha value is -0.500. The van der Waals surface area contributed by atoms with E-state index in [0.29, 0.717) is 12.2 Å². The van der Waals surface area contributed by atoms with Gasteiger partial charge in [-0.25, -0.2) is 9.98 Å². The Kier molecular flexibility index (Phi) is 3.65. The third-order valence-electron chi connectivity index (χ3n) is 2.32. The van der Waals surface area contributed by atoms with Gasteiger partial charge >= 0.3 is 0 Å². The summed E-state index contributed by atoms with van der Waals surface area (Å²) in [6, 6.07) is 2.02. The van der Waals surface area contributed by atoms with E-state index in [9.17, 15) is 4.79 Å². The molecule has 3 nitrogen and oxygen atoms in total. The summed E-state index contributed by atoms with van der Waals surface area (Å²) in [5.41, 5.74) is 0.992. The summed E-state index contributed by atoms with van der Waals surface area (Å²) in [6.45, 7) is 0. The summed E-state index contributed by atoms with van der Waals surface area (Å²) in [5.74, 6) is 0.442. The number of halogens is 1. The van der Waals surface area contributed by atoms with Crippen molar-refractivity contribution in [3.63, 3.8) is 0 Å². The van der Waals surface area contributed by atoms with Crippen LogP contribution in [-0.4, -0.2) is 21.7 Å². The number of thiazole rings is 1. The van der Waals surface area contributed by atoms with Crippen LogP contribution in [0.3, 0.4) is 0 Å². The highest BCUT2D eigenvalue weighted by molar-refractivity contribution is 9.10. The number of carbonyl (C=O) groups is 1. The van der Waals surface area contributed by atoms with Gasteiger partial charge < -0.3 is 0 Å². The van der Waals surface area contributed by atoms with E-state index in [1.165, 1.54) is 11.8 Å². The van der Waals surface area contributed by atoms with Gasteiger partial charge in [0, 0.05) is 16.3 Å². The van der Waals surface area contributed by atoms with Gasteiger partial charge in [-0.2, -0.15) is 0 Å². The smallest absolute Gasteiger partial charge is 0.256 e. The van der Waals surface area contributed by atoms with Gasteiger partial charge in [0.2, 0.25) is 0 Å². The molecule has 2 aromatic heterocycles. The molecular weight excluding hydrogens is 352 g/mol. The lowest BCUT2D eigenvalue weighted by molar-refractivity contribution is -0.115. The molecule has 0 saturated carbocycles. The van der Waals surface area contributed by atoms with Crippen molar-refractivity contribution >= 4 is 61.3 Å². The van der Waals surface area contributed by atoms with Crippen LogP contribution in [0.5, 0.6) is 0 Å². The summed E-state index contributed by atoms with van der Waals surface area (Å²) < 4.78 is 1.08. The van der Waals surface area contributed by atoms with E-state index in [1.807, 2.05) is 16.8 Å². The molecule has 2 aromatic rings. The molecule has 0 saturated heterocycles. The van der Waals surface area contributed by atoms with E-state index in [2.05, 4.69) is 25.9 Å². The highest BCUT2D eigenvalue weighted by Gasteiger charge is 2.17. The Bertz CT molecular complexity index is 632. The highest BCUT2D eigenvalue weighted by atomic mass is 79.9. The second-order valence-corrected chi connectivity index (χ2v) is 7.35. The molecule has 7 heteroatoms. The van der Waals surface area contributed by atoms with Crippen LogP contribution in [0.2, 0.25) is 0 Å². The molecule has 0 radical (unpaired) electrons. The van der Waals surface area contributed by atoms with E-state index in [0.717, 1.165) is 25.1 Å². The van der Waals surface area contributed by atoms with Gasteiger partial charge in [0.15, 0.2) is 0 Å². The summed E-state index contributed by atoms with van der Waals surface area (Å²) in [5, 5.41) is 5.97. The first-order chi connectivity index (χ1) is 8.72. The minimum atomic E-state index is -0.0345. The Labute approximate surface area is 124 Å². The van der Waals surface area contributed by atoms with E-state index < -0.39 is 0 Å². The number of amides is 1. The fourth-order valence-corrected chi connectivity index (χ4v) is 4.79. The third kappa shape index (κ3) is 2.59. The number of aliphatic imine (C=N–C) groups is 1. The number of nitrogens with zero attached hydrogens (tertiary/aromatic N) is 2. The van der Waals surface area contributed by atoms with Crippen molar-refractivity contribution in [2.75, 3.05) is 5.75 Å². The molecule has 0 atom stereocenters. The minimum absolute atomic E-state index is 0.0345. The molecule has 1 amide bonds. The van der Waals surface area contributed by atoms with Crippen molar-refractivity contribution in [3.05, 3.63) is 26.3 Å². The third-order valence-corrected chi connectivity index (χ3v) is 5.98. The fraction of sp³-hybridized carbons (Fsp3) is 0.182. The lowest BCUT2D eigenvalue weighted by Gasteiger charge is -1.94. The maximum Gasteiger partial charge on any atom is 0.256 e. The van der Waals surface area contributed by atoms with Gasteiger partial charge in [-0.15, -0.1) is 34.4 Å². The van der Waals surface area contributed by atoms with E-state index in [4.69, 9.17) is 0 Å². The zero-order valence-electron chi connectivity index (χ0n) is 9.05. The standard InChI is InChI=1S/C11H7BrN2OS3/c12-6-1-2-16-11(6)7-4-17-9(13-7)3-10-14-8(15)5-18-10/h1-2,4H,3,5H2. The van der Waals surface area contributed by atoms with Crippen molar-refractivity contribution in [1.29, 1.82) is 0 Å². The maximum atomic E-state index is 11.1. The number of hydrogen-bond donors (Lipinski definition) is 0. The van der Waals surface area contributed by atoms with Crippen LogP contribution < -0.4 is 0 Å². The van der Waals surface area contributed by atoms with Crippen molar-refractivity contribution in [1.82, 2.24) is 4.98 Å². The topological polar surface area (TPSA) is 42.3 Å². The zero-order valence-corrected chi connectivity index (χ0v) is 13.1. The SMILES string of the molecule is O=C1CSC(Cc2nc(-c3sccc3Br)cs2)=N1. The molecule has 92 valence electrons. The zero-order chi connectivity index (χ0) is 12.5. The largest absolute Gasteiger partial charge is 0.272 e. The summed E-state index contributed by atoms with van der Waals surface area (Å²) >= 11 is 8.31. The Morgan fingerprint density at radius 3 is 2.94 bits per heavy atom. The monoisotopic (exact) mass is 358 g/mol. The Morgan fingerprint density at radius 2 is 2.28 bits per heavy atom. The van der Waals surface area contributed by atoms with Crippen molar-refractivity contribution in [2.24, 2.45) is 4.99 Å². The van der Waals surface area contributed by atoms with Gasteiger partial charge in [-0.05, 0) is 27.4 Å². The second-order valence-electron chi connectivity index (χ2n) is 3.59. The molecule has 0 aromatic carbocycles. The first-order valence-electron chi connectivity index (χ1n) is 5.13. The predicted molar refractivity (Wildman–Crippen MR) is 81.7 cm³/mol. The number of hydrogen-bond acceptors (Lipinski definition) is 5. The van der Waals surface area contributed by atoms with E-state index >= 15 is 0 Å². The molecule has 18 heavy (non-hydrogen) atoms. The number of carbonyl (C=O) groups excluding carboxylic acids is 1. The maximum absolute atomic E-state index is 11.1. The lowest BCUT2D eigenvalue weighted by Crippen LogP contribution is -1.94. The van der Waals surface area contributed by atoms with Crippen LogP contribution in [0, 0.1) is 0 Å². The van der Waals surface area contributed by atoms with Crippen LogP contribution in [0.1, 0.15) is 5.01 Å². The fourth-order valence-electron chi connectivity index (χ4n) is 1.54. The molecule has 3 heterocycles. The highest BCUT2D eigenvalue weighted by Crippen LogP contribution is 2.34. The quantitative estimate of drug-likeness (QED) is 0.836. The van der Waals surface area contributed by atoms with Gasteiger partial charge in [-0.1, -0.05) is 0 Å². The van der Waals surface area contributed by atoms with Gasteiger partial charge in [0.05, 0.1) is 26.4 Å². The molecule has 0 spiro atoms. The molecule has 0 aliphatic carbocycles. The number of thiophene rings is 1.